The standard InChI is InChI=1S/C30H36Cl3N5O5S/c31-30(32,33)18-43-29(42)36-12-4-3-9-24(27(35)40)38-28(41)25(16-22-8-5-13-44-22)37-17-26(39)23(34)15-19-10-11-20-6-1-2-7-21(20)14-19/h1-2,5-8,10-11,13-14,23-25,37H,3-4,9,12,15-18,34H2,(H2,35,40)(H,36,42)(H,38,41)/t23-,24-,25-/m1/s1. The van der Waals surface area contributed by atoms with E-state index in [9.17, 15) is 19.2 Å². The van der Waals surface area contributed by atoms with E-state index in [2.05, 4.69) is 16.0 Å². The number of hydrogen-bond donors (Lipinski definition) is 5. The first-order valence-electron chi connectivity index (χ1n) is 14.0. The molecule has 0 aliphatic heterocycles. The number of nitrogens with one attached hydrogen (secondary N) is 3. The van der Waals surface area contributed by atoms with Crippen molar-refractivity contribution >= 4 is 80.6 Å². The lowest BCUT2D eigenvalue weighted by atomic mass is 9.99. The van der Waals surface area contributed by atoms with Crippen molar-refractivity contribution in [2.45, 2.75) is 54.0 Å². The zero-order valence-corrected chi connectivity index (χ0v) is 27.0. The summed E-state index contributed by atoms with van der Waals surface area (Å²) in [6.07, 6.45) is 1.10. The van der Waals surface area contributed by atoms with Crippen LogP contribution in [0.4, 0.5) is 4.79 Å². The Bertz CT molecular complexity index is 1400. The number of Topliss-reactive ketones (excluding diaryl/α,β-unsaturated/α-hetero) is 1. The highest BCUT2D eigenvalue weighted by molar-refractivity contribution is 7.09. The Labute approximate surface area is 275 Å². The first-order valence-corrected chi connectivity index (χ1v) is 16.0. The lowest BCUT2D eigenvalue weighted by molar-refractivity contribution is -0.129. The highest BCUT2D eigenvalue weighted by Crippen LogP contribution is 2.25. The summed E-state index contributed by atoms with van der Waals surface area (Å²) in [6, 6.07) is 15.1. The third-order valence-electron chi connectivity index (χ3n) is 6.72. The van der Waals surface area contributed by atoms with Crippen LogP contribution < -0.4 is 27.4 Å². The summed E-state index contributed by atoms with van der Waals surface area (Å²) >= 11 is 18.1. The molecule has 10 nitrogen and oxygen atoms in total. The van der Waals surface area contributed by atoms with Gasteiger partial charge in [-0.1, -0.05) is 83.3 Å². The van der Waals surface area contributed by atoms with Crippen LogP contribution in [0.5, 0.6) is 0 Å². The lowest BCUT2D eigenvalue weighted by Gasteiger charge is -2.22. The molecule has 0 fully saturated rings. The Hall–Kier alpha value is -2.93. The normalized spacial score (nSPS) is 13.5. The summed E-state index contributed by atoms with van der Waals surface area (Å²) < 4.78 is 3.07. The molecule has 14 heteroatoms. The maximum atomic E-state index is 13.3. The second-order valence-corrected chi connectivity index (χ2v) is 13.8. The molecule has 0 saturated heterocycles. The van der Waals surface area contributed by atoms with Gasteiger partial charge in [0.05, 0.1) is 18.6 Å². The van der Waals surface area contributed by atoms with Crippen molar-refractivity contribution in [2.24, 2.45) is 11.5 Å². The van der Waals surface area contributed by atoms with Crippen molar-refractivity contribution in [1.29, 1.82) is 0 Å². The zero-order chi connectivity index (χ0) is 32.1. The topological polar surface area (TPSA) is 166 Å². The number of ether oxygens (including phenoxy) is 1. The van der Waals surface area contributed by atoms with E-state index in [1.165, 1.54) is 11.3 Å². The smallest absolute Gasteiger partial charge is 0.407 e. The van der Waals surface area contributed by atoms with Crippen molar-refractivity contribution in [2.75, 3.05) is 19.7 Å². The number of carbonyl (C=O) groups excluding carboxylic acids is 4. The predicted molar refractivity (Wildman–Crippen MR) is 175 cm³/mol. The molecule has 0 aliphatic rings. The van der Waals surface area contributed by atoms with Crippen LogP contribution in [0.25, 0.3) is 10.8 Å². The van der Waals surface area contributed by atoms with Gasteiger partial charge >= 0.3 is 6.09 Å². The number of rotatable bonds is 17. The number of hydrogen-bond acceptors (Lipinski definition) is 8. The average molecular weight is 685 g/mol. The van der Waals surface area contributed by atoms with E-state index >= 15 is 0 Å². The van der Waals surface area contributed by atoms with Gasteiger partial charge in [-0.05, 0) is 53.5 Å². The minimum absolute atomic E-state index is 0.126. The molecule has 1 aromatic heterocycles. The van der Waals surface area contributed by atoms with Gasteiger partial charge in [0.1, 0.15) is 12.6 Å². The fourth-order valence-corrected chi connectivity index (χ4v) is 5.31. The van der Waals surface area contributed by atoms with Gasteiger partial charge in [0.2, 0.25) is 15.6 Å². The molecule has 0 saturated carbocycles. The zero-order valence-electron chi connectivity index (χ0n) is 23.9. The van der Waals surface area contributed by atoms with E-state index in [1.54, 1.807) is 0 Å². The van der Waals surface area contributed by atoms with E-state index in [-0.39, 0.29) is 25.3 Å². The molecular formula is C30H36Cl3N5O5S. The number of thiophene rings is 1. The maximum absolute atomic E-state index is 13.3. The second kappa shape index (κ2) is 17.5. The summed E-state index contributed by atoms with van der Waals surface area (Å²) in [5.74, 6) is -1.41. The minimum atomic E-state index is -1.71. The number of amides is 3. The van der Waals surface area contributed by atoms with Crippen molar-refractivity contribution in [3.05, 3.63) is 70.4 Å². The molecule has 1 heterocycles. The molecule has 238 valence electrons. The molecule has 2 aromatic carbocycles. The molecule has 0 unspecified atom stereocenters. The summed E-state index contributed by atoms with van der Waals surface area (Å²) in [5, 5.41) is 12.3. The number of nitrogens with two attached hydrogens (primary N) is 2. The molecule has 0 aliphatic carbocycles. The lowest BCUT2D eigenvalue weighted by Crippen LogP contribution is -2.54. The molecule has 3 amide bonds. The molecule has 3 rings (SSSR count). The minimum Gasteiger partial charge on any atom is -0.445 e. The van der Waals surface area contributed by atoms with Crippen LogP contribution in [0, 0.1) is 0 Å². The van der Waals surface area contributed by atoms with Gasteiger partial charge in [0, 0.05) is 17.8 Å². The monoisotopic (exact) mass is 683 g/mol. The molecule has 0 radical (unpaired) electrons. The molecule has 3 atom stereocenters. The Balaban J connectivity index is 1.51. The van der Waals surface area contributed by atoms with E-state index < -0.39 is 46.4 Å². The second-order valence-electron chi connectivity index (χ2n) is 10.3. The number of fused-ring (bicyclic) bond motifs is 1. The largest absolute Gasteiger partial charge is 0.445 e. The fraction of sp³-hybridized carbons (Fsp3) is 0.400. The first-order chi connectivity index (χ1) is 20.9. The molecule has 0 spiro atoms. The number of benzene rings is 2. The van der Waals surface area contributed by atoms with Crippen LogP contribution >= 0.6 is 46.1 Å². The number of primary amides is 1. The Morgan fingerprint density at radius 1 is 0.932 bits per heavy atom. The maximum Gasteiger partial charge on any atom is 0.407 e. The molecule has 0 bridgehead atoms. The van der Waals surface area contributed by atoms with Crippen molar-refractivity contribution in [1.82, 2.24) is 16.0 Å². The third kappa shape index (κ3) is 12.6. The van der Waals surface area contributed by atoms with Crippen molar-refractivity contribution in [3.63, 3.8) is 0 Å². The summed E-state index contributed by atoms with van der Waals surface area (Å²) in [6.45, 7) is -0.288. The number of halogens is 3. The molecule has 3 aromatic rings. The number of unbranched alkanes of at least 4 members (excludes halogenated alkanes) is 1. The van der Waals surface area contributed by atoms with Gasteiger partial charge < -0.3 is 26.8 Å². The first kappa shape index (κ1) is 35.5. The third-order valence-corrected chi connectivity index (χ3v) is 7.95. The average Bonchev–Trinajstić information content (AvgIpc) is 3.49. The van der Waals surface area contributed by atoms with Gasteiger partial charge in [-0.3, -0.25) is 19.7 Å². The summed E-state index contributed by atoms with van der Waals surface area (Å²) in [5.41, 5.74) is 12.8. The van der Waals surface area contributed by atoms with Gasteiger partial charge in [-0.2, -0.15) is 0 Å². The highest BCUT2D eigenvalue weighted by Gasteiger charge is 2.26. The predicted octanol–water partition coefficient (Wildman–Crippen LogP) is 3.78. The highest BCUT2D eigenvalue weighted by atomic mass is 35.6. The van der Waals surface area contributed by atoms with Crippen LogP contribution in [0.15, 0.2) is 60.0 Å². The number of alkyl halides is 3. The quantitative estimate of drug-likeness (QED) is 0.107. The number of carbonyl (C=O) groups is 4. The summed E-state index contributed by atoms with van der Waals surface area (Å²) in [7, 11) is 0. The molecule has 7 N–H and O–H groups in total. The van der Waals surface area contributed by atoms with Crippen molar-refractivity contribution < 1.29 is 23.9 Å². The fourth-order valence-electron chi connectivity index (χ4n) is 4.40. The van der Waals surface area contributed by atoms with E-state index in [4.69, 9.17) is 51.0 Å². The van der Waals surface area contributed by atoms with Gasteiger partial charge in [-0.25, -0.2) is 4.79 Å². The Morgan fingerprint density at radius 3 is 2.36 bits per heavy atom. The van der Waals surface area contributed by atoms with Crippen LogP contribution in [-0.4, -0.2) is 65.3 Å². The Morgan fingerprint density at radius 2 is 1.68 bits per heavy atom. The Kier molecular flexibility index (Phi) is 14.2. The van der Waals surface area contributed by atoms with Gasteiger partial charge in [-0.15, -0.1) is 11.3 Å². The number of ketones is 1. The van der Waals surface area contributed by atoms with Gasteiger partial charge in [0.25, 0.3) is 0 Å². The van der Waals surface area contributed by atoms with Crippen molar-refractivity contribution in [3.8, 4) is 0 Å². The SMILES string of the molecule is NC(=O)[C@@H](CCCCNC(=O)OCC(Cl)(Cl)Cl)NC(=O)[C@@H](Cc1cccs1)NCC(=O)[C@H](N)Cc1ccc2ccccc2c1. The van der Waals surface area contributed by atoms with Crippen LogP contribution in [0.2, 0.25) is 0 Å². The summed E-state index contributed by atoms with van der Waals surface area (Å²) in [4.78, 5) is 51.0. The number of alkyl carbamates (subject to hydrolysis) is 1. The molecule has 44 heavy (non-hydrogen) atoms. The van der Waals surface area contributed by atoms with Gasteiger partial charge in [0.15, 0.2) is 5.78 Å². The van der Waals surface area contributed by atoms with Crippen LogP contribution in [-0.2, 0) is 32.0 Å². The van der Waals surface area contributed by atoms with E-state index in [0.717, 1.165) is 21.2 Å². The van der Waals surface area contributed by atoms with E-state index in [1.807, 2.05) is 60.0 Å². The molecular weight excluding hydrogens is 649 g/mol. The van der Waals surface area contributed by atoms with Crippen LogP contribution in [0.3, 0.4) is 0 Å². The van der Waals surface area contributed by atoms with E-state index in [0.29, 0.717) is 25.7 Å². The van der Waals surface area contributed by atoms with Crippen LogP contribution in [0.1, 0.15) is 29.7 Å².